The van der Waals surface area contributed by atoms with Crippen LogP contribution in [0.3, 0.4) is 0 Å². The second-order valence-corrected chi connectivity index (χ2v) is 3.87. The molecule has 0 bridgehead atoms. The fourth-order valence-corrected chi connectivity index (χ4v) is 1.29. The molecule has 0 saturated heterocycles. The third-order valence-electron chi connectivity index (χ3n) is 1.85. The van der Waals surface area contributed by atoms with Crippen LogP contribution < -0.4 is 4.74 Å². The van der Waals surface area contributed by atoms with Crippen LogP contribution in [0.1, 0.15) is 12.8 Å². The van der Waals surface area contributed by atoms with Crippen LogP contribution in [-0.2, 0) is 0 Å². The van der Waals surface area contributed by atoms with Crippen LogP contribution in [0.25, 0.3) is 0 Å². The quantitative estimate of drug-likeness (QED) is 0.742. The molecule has 1 aromatic rings. The molecule has 0 radical (unpaired) electrons. The van der Waals surface area contributed by atoms with E-state index >= 15 is 0 Å². The van der Waals surface area contributed by atoms with Crippen LogP contribution >= 0.6 is 15.9 Å². The molecule has 0 aromatic carbocycles. The van der Waals surface area contributed by atoms with Gasteiger partial charge in [0.15, 0.2) is 0 Å². The fraction of sp³-hybridized carbons (Fsp3) is 0.444. The van der Waals surface area contributed by atoms with Crippen molar-refractivity contribution in [2.45, 2.75) is 12.8 Å². The third-order valence-corrected chi connectivity index (χ3v) is 2.30. The lowest BCUT2D eigenvalue weighted by atomic mass is 10.4. The van der Waals surface area contributed by atoms with Gasteiger partial charge < -0.3 is 4.74 Å². The molecule has 0 aliphatic heterocycles. The number of halogens is 1. The lowest BCUT2D eigenvalue weighted by Crippen LogP contribution is -2.00. The van der Waals surface area contributed by atoms with Crippen molar-refractivity contribution < 1.29 is 4.74 Å². The van der Waals surface area contributed by atoms with E-state index in [0.717, 1.165) is 23.0 Å². The van der Waals surface area contributed by atoms with E-state index in [0.29, 0.717) is 0 Å². The van der Waals surface area contributed by atoms with Crippen molar-refractivity contribution >= 4 is 15.9 Å². The van der Waals surface area contributed by atoms with E-state index < -0.39 is 0 Å². The average Bonchev–Trinajstić information content (AvgIpc) is 2.84. The summed E-state index contributed by atoms with van der Waals surface area (Å²) in [5.74, 6) is 1.50. The highest BCUT2D eigenvalue weighted by Crippen LogP contribution is 2.29. The monoisotopic (exact) mass is 227 g/mol. The molecule has 1 aliphatic carbocycles. The highest BCUT2D eigenvalue weighted by molar-refractivity contribution is 9.10. The van der Waals surface area contributed by atoms with Crippen molar-refractivity contribution in [1.82, 2.24) is 4.98 Å². The molecule has 1 fully saturated rings. The normalized spacial score (nSPS) is 16.1. The summed E-state index contributed by atoms with van der Waals surface area (Å²) in [6, 6.07) is 5.70. The molecule has 2 nitrogen and oxygen atoms in total. The van der Waals surface area contributed by atoms with Crippen molar-refractivity contribution in [2.24, 2.45) is 5.92 Å². The molecule has 0 atom stereocenters. The lowest BCUT2D eigenvalue weighted by Gasteiger charge is -2.02. The van der Waals surface area contributed by atoms with Gasteiger partial charge in [-0.05, 0) is 40.8 Å². The number of pyridine rings is 1. The first-order chi connectivity index (χ1) is 5.84. The summed E-state index contributed by atoms with van der Waals surface area (Å²) >= 11 is 3.29. The second kappa shape index (κ2) is 3.44. The molecule has 0 amide bonds. The number of nitrogens with zero attached hydrogens (tertiary/aromatic N) is 1. The zero-order valence-corrected chi connectivity index (χ0v) is 8.25. The molecule has 1 saturated carbocycles. The molecular formula is C9H10BrNO. The van der Waals surface area contributed by atoms with E-state index in [2.05, 4.69) is 20.9 Å². The van der Waals surface area contributed by atoms with Gasteiger partial charge in [0.1, 0.15) is 4.60 Å². The van der Waals surface area contributed by atoms with Crippen molar-refractivity contribution in [3.63, 3.8) is 0 Å². The molecule has 1 aliphatic rings. The zero-order chi connectivity index (χ0) is 8.39. The van der Waals surface area contributed by atoms with E-state index in [1.165, 1.54) is 12.8 Å². The Morgan fingerprint density at radius 1 is 1.50 bits per heavy atom. The average molecular weight is 228 g/mol. The Morgan fingerprint density at radius 2 is 2.33 bits per heavy atom. The second-order valence-electron chi connectivity index (χ2n) is 3.05. The summed E-state index contributed by atoms with van der Waals surface area (Å²) in [5.41, 5.74) is 0. The first kappa shape index (κ1) is 8.05. The Kier molecular flexibility index (Phi) is 2.30. The van der Waals surface area contributed by atoms with Gasteiger partial charge in [-0.3, -0.25) is 0 Å². The molecule has 0 N–H and O–H groups in total. The molecule has 0 unspecified atom stereocenters. The van der Waals surface area contributed by atoms with E-state index in [4.69, 9.17) is 4.74 Å². The molecule has 12 heavy (non-hydrogen) atoms. The van der Waals surface area contributed by atoms with E-state index in [9.17, 15) is 0 Å². The van der Waals surface area contributed by atoms with Crippen molar-refractivity contribution in [2.75, 3.05) is 6.61 Å². The Labute approximate surface area is 80.1 Å². The highest BCUT2D eigenvalue weighted by Gasteiger charge is 2.21. The van der Waals surface area contributed by atoms with E-state index in [1.807, 2.05) is 18.2 Å². The highest BCUT2D eigenvalue weighted by atomic mass is 79.9. The first-order valence-electron chi connectivity index (χ1n) is 4.10. The van der Waals surface area contributed by atoms with Gasteiger partial charge in [-0.15, -0.1) is 0 Å². The molecule has 0 spiro atoms. The van der Waals surface area contributed by atoms with Gasteiger partial charge in [-0.1, -0.05) is 6.07 Å². The van der Waals surface area contributed by atoms with Gasteiger partial charge in [0.2, 0.25) is 5.88 Å². The summed E-state index contributed by atoms with van der Waals surface area (Å²) in [7, 11) is 0. The van der Waals surface area contributed by atoms with Crippen LogP contribution in [0.5, 0.6) is 5.88 Å². The smallest absolute Gasteiger partial charge is 0.214 e. The Morgan fingerprint density at radius 3 is 3.00 bits per heavy atom. The molecule has 3 heteroatoms. The van der Waals surface area contributed by atoms with Crippen molar-refractivity contribution in [3.05, 3.63) is 22.8 Å². The third kappa shape index (κ3) is 2.21. The van der Waals surface area contributed by atoms with Crippen LogP contribution in [-0.4, -0.2) is 11.6 Å². The van der Waals surface area contributed by atoms with Gasteiger partial charge in [0, 0.05) is 6.07 Å². The predicted octanol–water partition coefficient (Wildman–Crippen LogP) is 2.63. The molecule has 1 aromatic heterocycles. The van der Waals surface area contributed by atoms with Gasteiger partial charge in [0.25, 0.3) is 0 Å². The fourth-order valence-electron chi connectivity index (χ4n) is 0.958. The van der Waals surface area contributed by atoms with Gasteiger partial charge >= 0.3 is 0 Å². The van der Waals surface area contributed by atoms with Gasteiger partial charge in [0.05, 0.1) is 6.61 Å². The Hall–Kier alpha value is -0.570. The van der Waals surface area contributed by atoms with Crippen LogP contribution in [0.15, 0.2) is 22.8 Å². The summed E-state index contributed by atoms with van der Waals surface area (Å²) in [4.78, 5) is 4.17. The van der Waals surface area contributed by atoms with Crippen molar-refractivity contribution in [1.29, 1.82) is 0 Å². The minimum Gasteiger partial charge on any atom is -0.477 e. The Balaban J connectivity index is 1.92. The zero-order valence-electron chi connectivity index (χ0n) is 6.66. The number of hydrogen-bond acceptors (Lipinski definition) is 2. The number of rotatable bonds is 3. The topological polar surface area (TPSA) is 22.1 Å². The summed E-state index contributed by atoms with van der Waals surface area (Å²) in [6.07, 6.45) is 2.63. The standard InChI is InChI=1S/C9H10BrNO/c10-8-2-1-3-9(11-8)12-6-7-4-5-7/h1-3,7H,4-6H2. The maximum atomic E-state index is 5.47. The minimum absolute atomic E-state index is 0.719. The molecule has 2 rings (SSSR count). The number of hydrogen-bond donors (Lipinski definition) is 0. The van der Waals surface area contributed by atoms with Gasteiger partial charge in [-0.2, -0.15) is 0 Å². The predicted molar refractivity (Wildman–Crippen MR) is 50.2 cm³/mol. The van der Waals surface area contributed by atoms with Crippen LogP contribution in [0.2, 0.25) is 0 Å². The Bertz CT molecular complexity index is 273. The number of aromatic nitrogens is 1. The summed E-state index contributed by atoms with van der Waals surface area (Å²) in [5, 5.41) is 0. The van der Waals surface area contributed by atoms with E-state index in [-0.39, 0.29) is 0 Å². The van der Waals surface area contributed by atoms with Gasteiger partial charge in [-0.25, -0.2) is 4.98 Å². The SMILES string of the molecule is Brc1cccc(OCC2CC2)n1. The maximum absolute atomic E-state index is 5.47. The van der Waals surface area contributed by atoms with E-state index in [1.54, 1.807) is 0 Å². The largest absolute Gasteiger partial charge is 0.477 e. The lowest BCUT2D eigenvalue weighted by molar-refractivity contribution is 0.288. The summed E-state index contributed by atoms with van der Waals surface area (Å²) < 4.78 is 6.30. The number of ether oxygens (including phenoxy) is 1. The van der Waals surface area contributed by atoms with Crippen LogP contribution in [0, 0.1) is 5.92 Å². The maximum Gasteiger partial charge on any atom is 0.214 e. The minimum atomic E-state index is 0.719. The molecule has 64 valence electrons. The van der Waals surface area contributed by atoms with Crippen molar-refractivity contribution in [3.8, 4) is 5.88 Å². The molecule has 1 heterocycles. The first-order valence-corrected chi connectivity index (χ1v) is 4.89. The molecular weight excluding hydrogens is 218 g/mol. The van der Waals surface area contributed by atoms with Crippen LogP contribution in [0.4, 0.5) is 0 Å². The summed E-state index contributed by atoms with van der Waals surface area (Å²) in [6.45, 7) is 0.823.